The molecule has 0 radical (unpaired) electrons. The summed E-state index contributed by atoms with van der Waals surface area (Å²) in [5.74, 6) is -0.232. The van der Waals surface area contributed by atoms with Crippen LogP contribution in [-0.2, 0) is 11.2 Å². The fourth-order valence-corrected chi connectivity index (χ4v) is 2.01. The van der Waals surface area contributed by atoms with Gasteiger partial charge in [0.05, 0.1) is 10.6 Å². The Hall–Kier alpha value is -0.450. The molecule has 1 aromatic carbocycles. The minimum atomic E-state index is -0.232. The lowest BCUT2D eigenvalue weighted by Crippen LogP contribution is -2.38. The quantitative estimate of drug-likeness (QED) is 0.900. The van der Waals surface area contributed by atoms with E-state index in [9.17, 15) is 4.39 Å². The lowest BCUT2D eigenvalue weighted by atomic mass is 10.0. The highest BCUT2D eigenvalue weighted by atomic mass is 79.9. The largest absolute Gasteiger partial charge is 0.380 e. The summed E-state index contributed by atoms with van der Waals surface area (Å²) < 4.78 is 18.8. The zero-order chi connectivity index (χ0) is 12.1. The standard InChI is InChI=1S/C12H17BrFNO/c1-8(16-3)12(15-2)7-9-4-5-11(14)10(13)6-9/h4-6,8,12,15H,7H2,1-3H3. The summed E-state index contributed by atoms with van der Waals surface area (Å²) >= 11 is 3.19. The third-order valence-electron chi connectivity index (χ3n) is 2.75. The first-order valence-corrected chi connectivity index (χ1v) is 6.01. The van der Waals surface area contributed by atoms with Crippen LogP contribution >= 0.6 is 15.9 Å². The van der Waals surface area contributed by atoms with Crippen LogP contribution < -0.4 is 5.32 Å². The van der Waals surface area contributed by atoms with Gasteiger partial charge in [0.25, 0.3) is 0 Å². The Kier molecular flexibility index (Phi) is 5.38. The Morgan fingerprint density at radius 1 is 1.50 bits per heavy atom. The molecule has 0 spiro atoms. The number of benzene rings is 1. The molecule has 0 heterocycles. The van der Waals surface area contributed by atoms with Crippen molar-refractivity contribution in [3.8, 4) is 0 Å². The summed E-state index contributed by atoms with van der Waals surface area (Å²) in [6, 6.07) is 5.31. The molecule has 0 aliphatic carbocycles. The molecule has 0 aliphatic heterocycles. The molecule has 4 heteroatoms. The summed E-state index contributed by atoms with van der Waals surface area (Å²) in [4.78, 5) is 0. The van der Waals surface area contributed by atoms with Crippen molar-refractivity contribution in [3.05, 3.63) is 34.1 Å². The minimum Gasteiger partial charge on any atom is -0.380 e. The maximum atomic E-state index is 13.1. The van der Waals surface area contributed by atoms with Crippen LogP contribution in [0, 0.1) is 5.82 Å². The van der Waals surface area contributed by atoms with Crippen LogP contribution in [0.2, 0.25) is 0 Å². The second-order valence-electron chi connectivity index (χ2n) is 3.79. The number of ether oxygens (including phenoxy) is 1. The fraction of sp³-hybridized carbons (Fsp3) is 0.500. The van der Waals surface area contributed by atoms with Gasteiger partial charge in [-0.1, -0.05) is 6.07 Å². The van der Waals surface area contributed by atoms with Crippen LogP contribution in [0.1, 0.15) is 12.5 Å². The maximum absolute atomic E-state index is 13.1. The van der Waals surface area contributed by atoms with Gasteiger partial charge in [0.15, 0.2) is 0 Å². The first-order chi connectivity index (χ1) is 7.58. The van der Waals surface area contributed by atoms with E-state index in [0.717, 1.165) is 12.0 Å². The van der Waals surface area contributed by atoms with E-state index in [1.807, 2.05) is 20.0 Å². The van der Waals surface area contributed by atoms with Crippen molar-refractivity contribution in [2.24, 2.45) is 0 Å². The molecule has 90 valence electrons. The predicted molar refractivity (Wildman–Crippen MR) is 67.1 cm³/mol. The van der Waals surface area contributed by atoms with E-state index in [4.69, 9.17) is 4.74 Å². The first kappa shape index (κ1) is 13.6. The van der Waals surface area contributed by atoms with Crippen LogP contribution in [-0.4, -0.2) is 26.3 Å². The molecule has 0 fully saturated rings. The van der Waals surface area contributed by atoms with Gasteiger partial charge in [0.2, 0.25) is 0 Å². The molecule has 0 bridgehead atoms. The average Bonchev–Trinajstić information content (AvgIpc) is 2.29. The van der Waals surface area contributed by atoms with E-state index >= 15 is 0 Å². The molecular formula is C12H17BrFNO. The molecule has 16 heavy (non-hydrogen) atoms. The Morgan fingerprint density at radius 3 is 2.69 bits per heavy atom. The molecule has 1 aromatic rings. The number of nitrogens with one attached hydrogen (secondary N) is 1. The van der Waals surface area contributed by atoms with Gasteiger partial charge in [-0.25, -0.2) is 4.39 Å². The van der Waals surface area contributed by atoms with Crippen LogP contribution in [0.5, 0.6) is 0 Å². The molecule has 0 saturated carbocycles. The van der Waals surface area contributed by atoms with Crippen molar-refractivity contribution < 1.29 is 9.13 Å². The number of likely N-dealkylation sites (N-methyl/N-ethyl adjacent to an activating group) is 1. The van der Waals surface area contributed by atoms with Crippen LogP contribution in [0.15, 0.2) is 22.7 Å². The van der Waals surface area contributed by atoms with Gasteiger partial charge in [-0.15, -0.1) is 0 Å². The van der Waals surface area contributed by atoms with Crippen molar-refractivity contribution in [2.45, 2.75) is 25.5 Å². The summed E-state index contributed by atoms with van der Waals surface area (Å²) in [7, 11) is 3.59. The third kappa shape index (κ3) is 3.54. The van der Waals surface area contributed by atoms with Crippen molar-refractivity contribution in [2.75, 3.05) is 14.2 Å². The minimum absolute atomic E-state index is 0.119. The van der Waals surface area contributed by atoms with Crippen molar-refractivity contribution >= 4 is 15.9 Å². The summed E-state index contributed by atoms with van der Waals surface area (Å²) in [6.45, 7) is 2.01. The van der Waals surface area contributed by atoms with Gasteiger partial charge >= 0.3 is 0 Å². The lowest BCUT2D eigenvalue weighted by molar-refractivity contribution is 0.0857. The van der Waals surface area contributed by atoms with Crippen molar-refractivity contribution in [3.63, 3.8) is 0 Å². The van der Waals surface area contributed by atoms with E-state index in [2.05, 4.69) is 21.2 Å². The Balaban J connectivity index is 2.74. The molecule has 0 amide bonds. The Morgan fingerprint density at radius 2 is 2.19 bits per heavy atom. The van der Waals surface area contributed by atoms with Gasteiger partial charge in [0.1, 0.15) is 5.82 Å². The van der Waals surface area contributed by atoms with Gasteiger partial charge in [-0.2, -0.15) is 0 Å². The van der Waals surface area contributed by atoms with Gasteiger partial charge in [-0.3, -0.25) is 0 Å². The Bertz CT molecular complexity index is 346. The molecule has 0 saturated heterocycles. The van der Waals surface area contributed by atoms with Gasteiger partial charge in [0, 0.05) is 13.2 Å². The topological polar surface area (TPSA) is 21.3 Å². The lowest BCUT2D eigenvalue weighted by Gasteiger charge is -2.22. The predicted octanol–water partition coefficient (Wildman–Crippen LogP) is 2.75. The number of methoxy groups -OCH3 is 1. The smallest absolute Gasteiger partial charge is 0.137 e. The van der Waals surface area contributed by atoms with E-state index in [-0.39, 0.29) is 18.0 Å². The van der Waals surface area contributed by atoms with E-state index in [1.165, 1.54) is 6.07 Å². The van der Waals surface area contributed by atoms with Crippen LogP contribution in [0.25, 0.3) is 0 Å². The third-order valence-corrected chi connectivity index (χ3v) is 3.36. The Labute approximate surface area is 104 Å². The summed E-state index contributed by atoms with van der Waals surface area (Å²) in [6.07, 6.45) is 0.929. The van der Waals surface area contributed by atoms with E-state index < -0.39 is 0 Å². The molecule has 0 aromatic heterocycles. The van der Waals surface area contributed by atoms with Gasteiger partial charge < -0.3 is 10.1 Å². The highest BCUT2D eigenvalue weighted by molar-refractivity contribution is 9.10. The highest BCUT2D eigenvalue weighted by Crippen LogP contribution is 2.18. The van der Waals surface area contributed by atoms with Crippen molar-refractivity contribution in [1.29, 1.82) is 0 Å². The van der Waals surface area contributed by atoms with Crippen LogP contribution in [0.4, 0.5) is 4.39 Å². The zero-order valence-electron chi connectivity index (χ0n) is 9.76. The van der Waals surface area contributed by atoms with Crippen molar-refractivity contribution in [1.82, 2.24) is 5.32 Å². The number of rotatable bonds is 5. The normalized spacial score (nSPS) is 14.8. The molecule has 0 aliphatic rings. The van der Waals surface area contributed by atoms with Gasteiger partial charge in [-0.05, 0) is 54.0 Å². The molecule has 2 nitrogen and oxygen atoms in total. The monoisotopic (exact) mass is 289 g/mol. The molecule has 2 atom stereocenters. The molecule has 2 unspecified atom stereocenters. The van der Waals surface area contributed by atoms with Crippen LogP contribution in [0.3, 0.4) is 0 Å². The molecule has 1 N–H and O–H groups in total. The summed E-state index contributed by atoms with van der Waals surface area (Å²) in [5, 5.41) is 3.20. The maximum Gasteiger partial charge on any atom is 0.137 e. The second kappa shape index (κ2) is 6.33. The molecular weight excluding hydrogens is 273 g/mol. The second-order valence-corrected chi connectivity index (χ2v) is 4.64. The summed E-state index contributed by atoms with van der Waals surface area (Å²) in [5.41, 5.74) is 1.08. The zero-order valence-corrected chi connectivity index (χ0v) is 11.3. The first-order valence-electron chi connectivity index (χ1n) is 5.22. The van der Waals surface area contributed by atoms with E-state index in [1.54, 1.807) is 13.2 Å². The number of halogens is 2. The van der Waals surface area contributed by atoms with E-state index in [0.29, 0.717) is 4.47 Å². The fourth-order valence-electron chi connectivity index (χ4n) is 1.59. The SMILES string of the molecule is CNC(Cc1ccc(F)c(Br)c1)C(C)OC. The highest BCUT2D eigenvalue weighted by Gasteiger charge is 2.15. The number of hydrogen-bond donors (Lipinski definition) is 1. The molecule has 1 rings (SSSR count). The number of hydrogen-bond acceptors (Lipinski definition) is 2. The average molecular weight is 290 g/mol.